The number of nitrogens with two attached hydrogens (primary N) is 4. The topological polar surface area (TPSA) is 222 Å². The lowest BCUT2D eigenvalue weighted by Gasteiger charge is -2.37. The number of carbonyl (C=O) groups is 4. The summed E-state index contributed by atoms with van der Waals surface area (Å²) in [7, 11) is 0. The summed E-state index contributed by atoms with van der Waals surface area (Å²) in [6, 6.07) is 20.8. The molecule has 4 fully saturated rings. The predicted octanol–water partition coefficient (Wildman–Crippen LogP) is 15.8. The molecule has 0 aliphatic carbocycles. The van der Waals surface area contributed by atoms with Gasteiger partial charge in [-0.05, 0) is 214 Å². The molecule has 0 spiro atoms. The van der Waals surface area contributed by atoms with Gasteiger partial charge in [0, 0.05) is 86.1 Å². The van der Waals surface area contributed by atoms with Crippen molar-refractivity contribution < 1.29 is 90.2 Å². The van der Waals surface area contributed by atoms with Gasteiger partial charge in [-0.3, -0.25) is 19.2 Å². The van der Waals surface area contributed by atoms with Crippen molar-refractivity contribution in [2.45, 2.75) is 98.7 Å². The van der Waals surface area contributed by atoms with Crippen LogP contribution in [0.15, 0.2) is 315 Å². The first kappa shape index (κ1) is 52.8. The van der Waals surface area contributed by atoms with Crippen LogP contribution in [-0.4, -0.2) is 148 Å². The van der Waals surface area contributed by atoms with Crippen LogP contribution in [0, 0.1) is 23.7 Å². The lowest BCUT2D eigenvalue weighted by molar-refractivity contribution is -0.124. The zero-order valence-corrected chi connectivity index (χ0v) is 70.4. The van der Waals surface area contributed by atoms with Gasteiger partial charge in [-0.25, -0.2) is 0 Å². The molecule has 4 saturated heterocycles. The van der Waals surface area contributed by atoms with Crippen LogP contribution in [0.4, 0.5) is 0 Å². The summed E-state index contributed by atoms with van der Waals surface area (Å²) in [5, 5.41) is 0. The van der Waals surface area contributed by atoms with Crippen molar-refractivity contribution in [2.24, 2.45) is 46.6 Å². The Bertz CT molecular complexity index is 7760. The molecule has 12 aromatic carbocycles. The summed E-state index contributed by atoms with van der Waals surface area (Å²) in [4.78, 5) is 61.3. The fourth-order valence-electron chi connectivity index (χ4n) is 19.4. The van der Waals surface area contributed by atoms with Gasteiger partial charge in [-0.15, -0.1) is 0 Å². The monoisotopic (exact) mass is 1740 g/mol. The fraction of sp³-hybridized carbons (Fsp3) is 0.321. The number of nitrogens with zero attached hydrogens (tertiary/aromatic N) is 4. The van der Waals surface area contributed by atoms with Crippen molar-refractivity contribution in [3.8, 4) is 23.0 Å². The van der Waals surface area contributed by atoms with E-state index in [2.05, 4.69) is 4.90 Å². The van der Waals surface area contributed by atoms with Gasteiger partial charge in [0.25, 0.3) is 0 Å². The van der Waals surface area contributed by atoms with Gasteiger partial charge < -0.3 is 61.5 Å². The van der Waals surface area contributed by atoms with Crippen LogP contribution in [0.1, 0.15) is 167 Å². The van der Waals surface area contributed by atoms with E-state index in [1.54, 1.807) is 4.90 Å². The average molecular weight is 1740 g/mol. The second kappa shape index (κ2) is 40.3. The van der Waals surface area contributed by atoms with Gasteiger partial charge in [0.2, 0.25) is 23.6 Å². The highest BCUT2D eigenvalue weighted by Gasteiger charge is 2.54. The summed E-state index contributed by atoms with van der Waals surface area (Å²) in [6.07, 6.45) is 0.514. The number of benzene rings is 12. The molecule has 20 rings (SSSR count). The van der Waals surface area contributed by atoms with E-state index in [-0.39, 0.29) is 189 Å². The number of ether oxygens (including phenoxy) is 4. The molecule has 8 N–H and O–H groups in total. The van der Waals surface area contributed by atoms with E-state index in [1.807, 2.05) is 126 Å². The number of fused-ring (bicyclic) bond motifs is 4. The van der Waals surface area contributed by atoms with E-state index < -0.39 is 233 Å². The van der Waals surface area contributed by atoms with Crippen molar-refractivity contribution in [3.05, 3.63) is 404 Å². The Morgan fingerprint density at radius 2 is 0.562 bits per heavy atom. The highest BCUT2D eigenvalue weighted by molar-refractivity contribution is 5.94. The lowest BCUT2D eigenvalue weighted by Crippen LogP contribution is -2.49. The Morgan fingerprint density at radius 3 is 0.859 bits per heavy atom. The normalized spacial score (nSPS) is 23.1. The molecular weight excluding hydrogens is 1590 g/mol. The van der Waals surface area contributed by atoms with Crippen molar-refractivity contribution in [2.75, 3.05) is 105 Å². The summed E-state index contributed by atoms with van der Waals surface area (Å²) >= 11 is 0. The number of amides is 4. The summed E-state index contributed by atoms with van der Waals surface area (Å²) in [6.45, 7) is -0.984. The van der Waals surface area contributed by atoms with E-state index in [0.717, 1.165) is 35.2 Å². The van der Waals surface area contributed by atoms with Gasteiger partial charge in [-0.1, -0.05) is 291 Å². The molecule has 0 saturated carbocycles. The molecular formula is C112H120N8O8. The molecule has 8 aliphatic rings. The Morgan fingerprint density at radius 1 is 0.312 bits per heavy atom. The van der Waals surface area contributed by atoms with Gasteiger partial charge in [-0.2, -0.15) is 0 Å². The average Bonchev–Trinajstić information content (AvgIpc) is 1.18. The SMILES string of the molecule is [2H]c1c([2H])c([2H])c(C(C(N)=O)(c2c([2H])c([2H])c([2H])c([2H])c2[2H])[C@@H]2CCN(C([2H])([2H])Cc3c([2H])c([2H])c4c(c3[2H])CCO4)C2)c([2H])c1[2H].[2H]c1c([2H])c([2H])c(C(C(N)=O)(c2c([2H])c([2H])c([2H])c([2H])c2[2H])[C@@H]2CCN(CCc3c([2H])c([2H])c4c(c3[2H])CCO4)C2)c([2H])c1[2H].[2H]c1c([2H])c2c(c([2H])c1CC([2H])([2H])N1CC[C@@H](C(C(N)=O)(c3ccccc3)c3ccccc3)C1)CCO2.[2H]c1c([2H])c2c(c([2H])c1CCN1CC[C@@H](C(C(N)=O)(c3ccccc3)c3ccccc3)C1)C([2H])([2H])CO2. The molecule has 128 heavy (non-hydrogen) atoms. The van der Waals surface area contributed by atoms with Crippen molar-refractivity contribution in [1.82, 2.24) is 19.6 Å². The van der Waals surface area contributed by atoms with Gasteiger partial charge in [0.05, 0.1) is 70.3 Å². The quantitative estimate of drug-likeness (QED) is 0.0360. The number of likely N-dealkylation sites (tertiary alicyclic amines) is 4. The zero-order chi connectivity index (χ0) is 121. The number of hydrogen-bond donors (Lipinski definition) is 4. The molecule has 4 amide bonds. The zero-order valence-electron chi connectivity index (χ0n) is 108. The lowest BCUT2D eigenvalue weighted by atomic mass is 9.64. The molecule has 16 heteroatoms. The molecule has 0 aromatic heterocycles. The van der Waals surface area contributed by atoms with Crippen molar-refractivity contribution >= 4 is 23.6 Å². The minimum atomic E-state index is -2.62. The second-order valence-corrected chi connectivity index (χ2v) is 32.6. The van der Waals surface area contributed by atoms with Crippen LogP contribution in [-0.2, 0) is 92.2 Å². The standard InChI is InChI=1S/4C28H30N2O2/c4*29-27(31)28(23-7-3-1-4-8-23,24-9-5-2-6-10-24)25-14-17-30(20-25)16-13-21-11-12-26-22(19-21)15-18-32-26/h4*1-12,19,25H,13-18,20H2,(H2,29,31)/t4*25-/m1111/s1/i1D,2D,3D,4D,5D,6D,7D,8D,9D,10D,11D,12D,16D2,19D;1D,2D,3D,4D,5D,6D,7D,8D,9D,10D,11D,12D,19D;11D,12D,16D2,19D;11D,12D,15D2,19D. The second-order valence-electron chi connectivity index (χ2n) is 32.6. The molecule has 0 unspecified atom stereocenters. The fourth-order valence-corrected chi connectivity index (χ4v) is 19.4. The number of carbonyl (C=O) groups excluding carboxylic acids is 4. The van der Waals surface area contributed by atoms with Crippen LogP contribution in [0.5, 0.6) is 23.0 Å². The first-order valence-electron chi connectivity index (χ1n) is 61.9. The Balaban J connectivity index is 0.000000149. The van der Waals surface area contributed by atoms with Crippen molar-refractivity contribution in [1.29, 1.82) is 0 Å². The summed E-state index contributed by atoms with van der Waals surface area (Å²) in [5.74, 6) is -5.42. The molecule has 8 heterocycles. The number of primary amides is 4. The highest BCUT2D eigenvalue weighted by atomic mass is 16.5. The van der Waals surface area contributed by atoms with E-state index in [9.17, 15) is 19.2 Å². The third kappa shape index (κ3) is 18.4. The molecule has 12 aromatic rings. The molecule has 4 atom stereocenters. The van der Waals surface area contributed by atoms with Gasteiger partial charge >= 0.3 is 0 Å². The molecule has 16 nitrogen and oxygen atoms in total. The Labute approximate surface area is 808 Å². The predicted molar refractivity (Wildman–Crippen MR) is 507 cm³/mol. The molecule has 0 radical (unpaired) electrons. The Hall–Kier alpha value is -12.4. The molecule has 0 bridgehead atoms. The van der Waals surface area contributed by atoms with Gasteiger partial charge in [0.1, 0.15) is 44.7 Å². The maximum Gasteiger partial charge on any atom is 0.232 e. The number of hydrogen-bond acceptors (Lipinski definition) is 12. The smallest absolute Gasteiger partial charge is 0.232 e. The third-order valence-corrected chi connectivity index (χ3v) is 25.5. The summed E-state index contributed by atoms with van der Waals surface area (Å²) < 4.78 is 344. The molecule has 8 aliphatic heterocycles. The minimum absolute atomic E-state index is 0.00966. The number of rotatable bonds is 28. The minimum Gasteiger partial charge on any atom is -0.493 e. The van der Waals surface area contributed by atoms with Crippen molar-refractivity contribution in [3.63, 3.8) is 0 Å². The summed E-state index contributed by atoms with van der Waals surface area (Å²) in [5.41, 5.74) is 20.6. The van der Waals surface area contributed by atoms with Gasteiger partial charge in [0.15, 0.2) is 0 Å². The first-order valence-corrected chi connectivity index (χ1v) is 42.9. The largest absolute Gasteiger partial charge is 0.493 e. The van der Waals surface area contributed by atoms with Crippen LogP contribution < -0.4 is 41.9 Å². The van der Waals surface area contributed by atoms with Crippen LogP contribution in [0.25, 0.3) is 0 Å². The van der Waals surface area contributed by atoms with E-state index in [1.165, 1.54) is 4.90 Å². The molecule has 656 valence electrons. The van der Waals surface area contributed by atoms with E-state index in [0.29, 0.717) is 99.3 Å². The van der Waals surface area contributed by atoms with Crippen LogP contribution in [0.2, 0.25) is 0 Å². The van der Waals surface area contributed by atoms with Crippen LogP contribution >= 0.6 is 0 Å². The maximum atomic E-state index is 13.9. The van der Waals surface area contributed by atoms with E-state index >= 15 is 0 Å². The first-order chi connectivity index (χ1) is 78.2. The van der Waals surface area contributed by atoms with E-state index in [4.69, 9.17) is 94.0 Å². The Kier molecular flexibility index (Phi) is 16.6. The van der Waals surface area contributed by atoms with Crippen LogP contribution in [0.3, 0.4) is 0 Å². The maximum absolute atomic E-state index is 13.9. The highest BCUT2D eigenvalue weighted by Crippen LogP contribution is 2.49. The third-order valence-electron chi connectivity index (χ3n) is 25.5.